The van der Waals surface area contributed by atoms with Crippen LogP contribution < -0.4 is 5.73 Å². The molecule has 0 bridgehead atoms. The summed E-state index contributed by atoms with van der Waals surface area (Å²) in [6.45, 7) is 0. The average Bonchev–Trinajstić information content (AvgIpc) is 2.48. The lowest BCUT2D eigenvalue weighted by Gasteiger charge is -2.11. The maximum absolute atomic E-state index is 11.0. The zero-order valence-electron chi connectivity index (χ0n) is 11.9. The number of aryl methyl sites for hydroxylation is 1. The van der Waals surface area contributed by atoms with E-state index in [1.54, 1.807) is 12.1 Å². The Kier molecular flexibility index (Phi) is 5.46. The van der Waals surface area contributed by atoms with Gasteiger partial charge >= 0.3 is 0 Å². The van der Waals surface area contributed by atoms with Crippen molar-refractivity contribution < 1.29 is 4.92 Å². The molecule has 21 heavy (non-hydrogen) atoms. The van der Waals surface area contributed by atoms with Gasteiger partial charge < -0.3 is 5.73 Å². The standard InChI is InChI=1S/C17H20N2O2/c18-16(11-6-9-14-7-2-1-3-8-14)13-15-10-4-5-12-17(15)19(20)21/h1-5,7-8,10,12,16H,6,9,11,13,18H2. The summed E-state index contributed by atoms with van der Waals surface area (Å²) in [6, 6.07) is 17.0. The SMILES string of the molecule is NC(CCCc1ccccc1)Cc1ccccc1[N+](=O)[O-]. The summed E-state index contributed by atoms with van der Waals surface area (Å²) in [7, 11) is 0. The van der Waals surface area contributed by atoms with Gasteiger partial charge in [-0.05, 0) is 31.2 Å². The highest BCUT2D eigenvalue weighted by Crippen LogP contribution is 2.20. The second kappa shape index (κ2) is 7.55. The maximum atomic E-state index is 11.0. The van der Waals surface area contributed by atoms with Crippen LogP contribution in [0.25, 0.3) is 0 Å². The first kappa shape index (κ1) is 15.2. The molecule has 0 fully saturated rings. The number of benzene rings is 2. The van der Waals surface area contributed by atoms with E-state index in [4.69, 9.17) is 5.73 Å². The molecule has 1 atom stereocenters. The molecule has 0 aliphatic heterocycles. The topological polar surface area (TPSA) is 69.2 Å². The first-order valence-electron chi connectivity index (χ1n) is 7.18. The number of nitro groups is 1. The lowest BCUT2D eigenvalue weighted by atomic mass is 9.99. The number of hydrogen-bond donors (Lipinski definition) is 1. The molecule has 0 radical (unpaired) electrons. The molecule has 2 rings (SSSR count). The molecule has 2 aromatic rings. The Bertz CT molecular complexity index is 584. The van der Waals surface area contributed by atoms with Crippen molar-refractivity contribution in [1.82, 2.24) is 0 Å². The van der Waals surface area contributed by atoms with Crippen LogP contribution >= 0.6 is 0 Å². The van der Waals surface area contributed by atoms with E-state index in [0.717, 1.165) is 24.8 Å². The zero-order chi connectivity index (χ0) is 15.1. The minimum Gasteiger partial charge on any atom is -0.327 e. The van der Waals surface area contributed by atoms with Gasteiger partial charge in [-0.15, -0.1) is 0 Å². The van der Waals surface area contributed by atoms with Crippen molar-refractivity contribution >= 4 is 5.69 Å². The second-order valence-electron chi connectivity index (χ2n) is 5.23. The van der Waals surface area contributed by atoms with E-state index < -0.39 is 0 Å². The Hall–Kier alpha value is -2.20. The lowest BCUT2D eigenvalue weighted by molar-refractivity contribution is -0.385. The van der Waals surface area contributed by atoms with Crippen molar-refractivity contribution in [1.29, 1.82) is 0 Å². The summed E-state index contributed by atoms with van der Waals surface area (Å²) in [6.07, 6.45) is 3.39. The number of nitro benzene ring substituents is 1. The monoisotopic (exact) mass is 284 g/mol. The summed E-state index contributed by atoms with van der Waals surface area (Å²) in [5.74, 6) is 0. The van der Waals surface area contributed by atoms with Gasteiger partial charge in [-0.1, -0.05) is 48.5 Å². The quantitative estimate of drug-likeness (QED) is 0.625. The largest absolute Gasteiger partial charge is 0.327 e. The van der Waals surface area contributed by atoms with E-state index in [-0.39, 0.29) is 16.7 Å². The minimum atomic E-state index is -0.341. The molecule has 0 saturated heterocycles. The highest BCUT2D eigenvalue weighted by atomic mass is 16.6. The predicted octanol–water partition coefficient (Wildman–Crippen LogP) is 3.49. The number of para-hydroxylation sites is 1. The van der Waals surface area contributed by atoms with Crippen LogP contribution in [0, 0.1) is 10.1 Å². The smallest absolute Gasteiger partial charge is 0.272 e. The Labute approximate surface area is 124 Å². The molecule has 0 aromatic heterocycles. The molecule has 0 aliphatic carbocycles. The van der Waals surface area contributed by atoms with E-state index >= 15 is 0 Å². The molecule has 0 spiro atoms. The molecule has 2 aromatic carbocycles. The Balaban J connectivity index is 1.85. The normalized spacial score (nSPS) is 12.0. The van der Waals surface area contributed by atoms with Crippen LogP contribution in [-0.2, 0) is 12.8 Å². The summed E-state index contributed by atoms with van der Waals surface area (Å²) >= 11 is 0. The van der Waals surface area contributed by atoms with Crippen molar-refractivity contribution in [2.24, 2.45) is 5.73 Å². The second-order valence-corrected chi connectivity index (χ2v) is 5.23. The molecule has 4 heteroatoms. The van der Waals surface area contributed by atoms with Crippen LogP contribution in [0.15, 0.2) is 54.6 Å². The fraction of sp³-hybridized carbons (Fsp3) is 0.294. The third-order valence-electron chi connectivity index (χ3n) is 3.55. The number of hydrogen-bond acceptors (Lipinski definition) is 3. The van der Waals surface area contributed by atoms with E-state index in [1.165, 1.54) is 11.6 Å². The molecule has 110 valence electrons. The molecular weight excluding hydrogens is 264 g/mol. The molecule has 2 N–H and O–H groups in total. The van der Waals surface area contributed by atoms with Gasteiger partial charge in [0.2, 0.25) is 0 Å². The van der Waals surface area contributed by atoms with Crippen LogP contribution in [0.4, 0.5) is 5.69 Å². The first-order valence-corrected chi connectivity index (χ1v) is 7.18. The van der Waals surface area contributed by atoms with Gasteiger partial charge in [-0.25, -0.2) is 0 Å². The van der Waals surface area contributed by atoms with Gasteiger partial charge in [0.1, 0.15) is 0 Å². The van der Waals surface area contributed by atoms with Crippen LogP contribution in [0.2, 0.25) is 0 Å². The molecule has 0 aliphatic rings. The first-order chi connectivity index (χ1) is 10.2. The van der Waals surface area contributed by atoms with Gasteiger partial charge in [-0.2, -0.15) is 0 Å². The van der Waals surface area contributed by atoms with Crippen molar-refractivity contribution in [2.75, 3.05) is 0 Å². The Morgan fingerprint density at radius 1 is 1.05 bits per heavy atom. The van der Waals surface area contributed by atoms with E-state index in [1.807, 2.05) is 24.3 Å². The average molecular weight is 284 g/mol. The molecular formula is C17H20N2O2. The van der Waals surface area contributed by atoms with Crippen molar-refractivity contribution in [3.63, 3.8) is 0 Å². The van der Waals surface area contributed by atoms with Crippen molar-refractivity contribution in [2.45, 2.75) is 31.7 Å². The Morgan fingerprint density at radius 3 is 2.43 bits per heavy atom. The molecule has 0 amide bonds. The summed E-state index contributed by atoms with van der Waals surface area (Å²) in [4.78, 5) is 10.6. The van der Waals surface area contributed by atoms with Crippen molar-refractivity contribution in [3.05, 3.63) is 75.8 Å². The predicted molar refractivity (Wildman–Crippen MR) is 84.2 cm³/mol. The third-order valence-corrected chi connectivity index (χ3v) is 3.55. The van der Waals surface area contributed by atoms with Gasteiger partial charge in [0, 0.05) is 17.7 Å². The third kappa shape index (κ3) is 4.68. The molecule has 4 nitrogen and oxygen atoms in total. The molecule has 1 unspecified atom stereocenters. The summed E-state index contributed by atoms with van der Waals surface area (Å²) < 4.78 is 0. The molecule has 0 heterocycles. The van der Waals surface area contributed by atoms with E-state index in [9.17, 15) is 10.1 Å². The maximum Gasteiger partial charge on any atom is 0.272 e. The fourth-order valence-corrected chi connectivity index (χ4v) is 2.46. The summed E-state index contributed by atoms with van der Waals surface area (Å²) in [5.41, 5.74) is 8.30. The number of nitrogens with zero attached hydrogens (tertiary/aromatic N) is 1. The van der Waals surface area contributed by atoms with Crippen LogP contribution in [0.5, 0.6) is 0 Å². The lowest BCUT2D eigenvalue weighted by Crippen LogP contribution is -2.23. The van der Waals surface area contributed by atoms with E-state index in [0.29, 0.717) is 6.42 Å². The van der Waals surface area contributed by atoms with Gasteiger partial charge in [0.15, 0.2) is 0 Å². The van der Waals surface area contributed by atoms with Crippen molar-refractivity contribution in [3.8, 4) is 0 Å². The van der Waals surface area contributed by atoms with Gasteiger partial charge in [-0.3, -0.25) is 10.1 Å². The highest BCUT2D eigenvalue weighted by Gasteiger charge is 2.14. The number of rotatable bonds is 7. The van der Waals surface area contributed by atoms with Crippen LogP contribution in [0.1, 0.15) is 24.0 Å². The van der Waals surface area contributed by atoms with Gasteiger partial charge in [0.05, 0.1) is 4.92 Å². The fourth-order valence-electron chi connectivity index (χ4n) is 2.46. The van der Waals surface area contributed by atoms with Crippen LogP contribution in [-0.4, -0.2) is 11.0 Å². The van der Waals surface area contributed by atoms with E-state index in [2.05, 4.69) is 12.1 Å². The highest BCUT2D eigenvalue weighted by molar-refractivity contribution is 5.40. The number of nitrogens with two attached hydrogens (primary N) is 1. The summed E-state index contributed by atoms with van der Waals surface area (Å²) in [5, 5.41) is 11.0. The zero-order valence-corrected chi connectivity index (χ0v) is 11.9. The molecule has 0 saturated carbocycles. The van der Waals surface area contributed by atoms with Gasteiger partial charge in [0.25, 0.3) is 5.69 Å². The Morgan fingerprint density at radius 2 is 1.71 bits per heavy atom. The minimum absolute atomic E-state index is 0.0465. The van der Waals surface area contributed by atoms with Crippen LogP contribution in [0.3, 0.4) is 0 Å².